The quantitative estimate of drug-likeness (QED) is 0.105. The number of phenols is 3. The van der Waals surface area contributed by atoms with Crippen LogP contribution in [0.5, 0.6) is 28.7 Å². The van der Waals surface area contributed by atoms with Gasteiger partial charge >= 0.3 is 11.9 Å². The van der Waals surface area contributed by atoms with E-state index in [-0.39, 0.29) is 59.2 Å². The van der Waals surface area contributed by atoms with Gasteiger partial charge in [-0.1, -0.05) is 18.2 Å². The lowest BCUT2D eigenvalue weighted by molar-refractivity contribution is -0.158. The molecule has 11 nitrogen and oxygen atoms in total. The van der Waals surface area contributed by atoms with Crippen LogP contribution in [0.15, 0.2) is 69.9 Å². The highest BCUT2D eigenvalue weighted by atomic mass is 16.5. The molecule has 0 spiro atoms. The van der Waals surface area contributed by atoms with Crippen LogP contribution in [0.3, 0.4) is 0 Å². The molecule has 0 aliphatic heterocycles. The predicted molar refractivity (Wildman–Crippen MR) is 146 cm³/mol. The molecule has 3 aromatic carbocycles. The first-order chi connectivity index (χ1) is 19.7. The van der Waals surface area contributed by atoms with Crippen molar-refractivity contribution in [1.82, 2.24) is 0 Å². The maximum absolute atomic E-state index is 13.3. The molecule has 4 aromatic rings. The molecule has 0 unspecified atom stereocenters. The Hall–Kier alpha value is -5.19. The molecule has 1 aromatic heterocycles. The van der Waals surface area contributed by atoms with E-state index in [0.717, 1.165) is 0 Å². The third-order valence-electron chi connectivity index (χ3n) is 6.23. The maximum atomic E-state index is 13.3. The van der Waals surface area contributed by atoms with Crippen LogP contribution in [0, 0.1) is 5.92 Å². The summed E-state index contributed by atoms with van der Waals surface area (Å²) in [5.41, 5.74) is 0.526. The molecular formula is C30H28O11. The summed E-state index contributed by atoms with van der Waals surface area (Å²) < 4.78 is 26.8. The molecule has 0 aliphatic carbocycles. The second-order valence-corrected chi connectivity index (χ2v) is 8.94. The van der Waals surface area contributed by atoms with E-state index in [2.05, 4.69) is 9.47 Å². The third kappa shape index (κ3) is 6.52. The minimum Gasteiger partial charge on any atom is -0.507 e. The molecule has 3 N–H and O–H groups in total. The smallest absolute Gasteiger partial charge is 0.320 e. The second kappa shape index (κ2) is 12.8. The van der Waals surface area contributed by atoms with Gasteiger partial charge in [0, 0.05) is 12.0 Å². The highest BCUT2D eigenvalue weighted by Crippen LogP contribution is 2.37. The van der Waals surface area contributed by atoms with Crippen LogP contribution in [0.25, 0.3) is 22.3 Å². The maximum Gasteiger partial charge on any atom is 0.320 e. The summed E-state index contributed by atoms with van der Waals surface area (Å²) in [4.78, 5) is 37.1. The fourth-order valence-electron chi connectivity index (χ4n) is 4.12. The molecular weight excluding hydrogens is 536 g/mol. The molecule has 0 amide bonds. The zero-order valence-corrected chi connectivity index (χ0v) is 22.3. The van der Waals surface area contributed by atoms with Gasteiger partial charge in [-0.15, -0.1) is 0 Å². The number of esters is 2. The van der Waals surface area contributed by atoms with Gasteiger partial charge in [-0.2, -0.15) is 0 Å². The largest absolute Gasteiger partial charge is 0.507 e. The number of carbonyl (C=O) groups is 2. The fourth-order valence-corrected chi connectivity index (χ4v) is 4.12. The first-order valence-electron chi connectivity index (χ1n) is 12.5. The molecule has 1 heterocycles. The summed E-state index contributed by atoms with van der Waals surface area (Å²) >= 11 is 0. The van der Waals surface area contributed by atoms with E-state index in [1.54, 1.807) is 24.3 Å². The van der Waals surface area contributed by atoms with Crippen molar-refractivity contribution in [1.29, 1.82) is 0 Å². The van der Waals surface area contributed by atoms with Crippen molar-refractivity contribution in [2.75, 3.05) is 27.4 Å². The lowest BCUT2D eigenvalue weighted by Crippen LogP contribution is -2.28. The summed E-state index contributed by atoms with van der Waals surface area (Å²) in [6.07, 6.45) is 0.478. The Morgan fingerprint density at radius 3 is 2.17 bits per heavy atom. The number of aromatic hydroxyl groups is 3. The van der Waals surface area contributed by atoms with Gasteiger partial charge in [-0.05, 0) is 54.4 Å². The Morgan fingerprint density at radius 1 is 0.829 bits per heavy atom. The van der Waals surface area contributed by atoms with E-state index >= 15 is 0 Å². The summed E-state index contributed by atoms with van der Waals surface area (Å²) in [7, 11) is 2.41. The van der Waals surface area contributed by atoms with E-state index in [1.165, 1.54) is 50.6 Å². The fraction of sp³-hybridized carbons (Fsp3) is 0.233. The first kappa shape index (κ1) is 28.8. The Bertz CT molecular complexity index is 1590. The molecule has 214 valence electrons. The summed E-state index contributed by atoms with van der Waals surface area (Å²) in [6, 6.07) is 15.2. The molecule has 0 aliphatic rings. The van der Waals surface area contributed by atoms with Crippen molar-refractivity contribution >= 4 is 22.9 Å². The Balaban J connectivity index is 1.42. The van der Waals surface area contributed by atoms with Crippen molar-refractivity contribution < 1.29 is 48.3 Å². The first-order valence-corrected chi connectivity index (χ1v) is 12.5. The highest BCUT2D eigenvalue weighted by molar-refractivity contribution is 5.95. The Labute approximate surface area is 234 Å². The van der Waals surface area contributed by atoms with Crippen LogP contribution in [0.2, 0.25) is 0 Å². The number of ether oxygens (including phenoxy) is 4. The molecule has 0 saturated heterocycles. The van der Waals surface area contributed by atoms with Gasteiger partial charge in [0.05, 0.1) is 27.4 Å². The Morgan fingerprint density at radius 2 is 1.51 bits per heavy atom. The molecule has 0 radical (unpaired) electrons. The van der Waals surface area contributed by atoms with Crippen LogP contribution < -0.4 is 14.9 Å². The second-order valence-electron chi connectivity index (χ2n) is 8.94. The predicted octanol–water partition coefficient (Wildman–Crippen LogP) is 3.93. The van der Waals surface area contributed by atoms with Gasteiger partial charge in [0.1, 0.15) is 22.5 Å². The number of rotatable bonds is 11. The van der Waals surface area contributed by atoms with Gasteiger partial charge in [0.15, 0.2) is 23.2 Å². The molecule has 4 rings (SSSR count). The zero-order valence-electron chi connectivity index (χ0n) is 22.3. The normalized spacial score (nSPS) is 10.9. The number of benzene rings is 3. The van der Waals surface area contributed by atoms with E-state index in [9.17, 15) is 29.7 Å². The lowest BCUT2D eigenvalue weighted by Gasteiger charge is -2.14. The highest BCUT2D eigenvalue weighted by Gasteiger charge is 2.28. The van der Waals surface area contributed by atoms with E-state index in [4.69, 9.17) is 13.9 Å². The van der Waals surface area contributed by atoms with Crippen molar-refractivity contribution in [3.05, 3.63) is 76.5 Å². The van der Waals surface area contributed by atoms with Crippen molar-refractivity contribution in [3.63, 3.8) is 0 Å². The molecule has 41 heavy (non-hydrogen) atoms. The van der Waals surface area contributed by atoms with E-state index < -0.39 is 29.0 Å². The van der Waals surface area contributed by atoms with Crippen molar-refractivity contribution in [3.8, 4) is 40.1 Å². The molecule has 0 fully saturated rings. The summed E-state index contributed by atoms with van der Waals surface area (Å²) in [6.45, 7) is 0.282. The van der Waals surface area contributed by atoms with Gasteiger partial charge in [-0.3, -0.25) is 14.4 Å². The summed E-state index contributed by atoms with van der Waals surface area (Å²) in [5, 5.41) is 29.8. The number of methoxy groups -OCH3 is 2. The molecule has 11 heteroatoms. The summed E-state index contributed by atoms with van der Waals surface area (Å²) in [5.74, 6) is -3.05. The number of phenolic OH excluding ortho intramolecular Hbond substituents is 3. The minimum atomic E-state index is -1.07. The number of fused-ring (bicyclic) bond motifs is 1. The number of hydrogen-bond acceptors (Lipinski definition) is 11. The van der Waals surface area contributed by atoms with Crippen molar-refractivity contribution in [2.24, 2.45) is 5.92 Å². The van der Waals surface area contributed by atoms with Gasteiger partial charge in [0.25, 0.3) is 0 Å². The zero-order chi connectivity index (χ0) is 29.5. The van der Waals surface area contributed by atoms with Crippen LogP contribution >= 0.6 is 0 Å². The standard InChI is InChI=1S/C30H28O11/c1-37-29(35)20(30(36)38-2)15-17-7-10-19(11-8-17)39-13-4-14-40-28-26(34)25-22(32)5-3-6-24(25)41-27(28)18-9-12-21(31)23(33)16-18/h3,5-12,16,20,31-33H,4,13-15H2,1-2H3. The third-order valence-corrected chi connectivity index (χ3v) is 6.23. The van der Waals surface area contributed by atoms with E-state index in [0.29, 0.717) is 17.7 Å². The molecule has 0 bridgehead atoms. The lowest BCUT2D eigenvalue weighted by atomic mass is 9.99. The van der Waals surface area contributed by atoms with Crippen molar-refractivity contribution in [2.45, 2.75) is 12.8 Å². The van der Waals surface area contributed by atoms with Crippen LogP contribution in [0.4, 0.5) is 0 Å². The average molecular weight is 565 g/mol. The van der Waals surface area contributed by atoms with E-state index in [1.807, 2.05) is 0 Å². The monoisotopic (exact) mass is 564 g/mol. The minimum absolute atomic E-state index is 0.0251. The average Bonchev–Trinajstić information content (AvgIpc) is 2.97. The topological polar surface area (TPSA) is 162 Å². The molecule has 0 atom stereocenters. The van der Waals surface area contributed by atoms with Gasteiger partial charge in [-0.25, -0.2) is 0 Å². The van der Waals surface area contributed by atoms with Crippen LogP contribution in [0.1, 0.15) is 12.0 Å². The van der Waals surface area contributed by atoms with Crippen LogP contribution in [-0.2, 0) is 25.5 Å². The van der Waals surface area contributed by atoms with Gasteiger partial charge < -0.3 is 38.7 Å². The van der Waals surface area contributed by atoms with Gasteiger partial charge in [0.2, 0.25) is 11.2 Å². The van der Waals surface area contributed by atoms with Crippen LogP contribution in [-0.4, -0.2) is 54.7 Å². The number of hydrogen-bond donors (Lipinski definition) is 3. The molecule has 0 saturated carbocycles. The Kier molecular flexibility index (Phi) is 8.98. The SMILES string of the molecule is COC(=O)C(Cc1ccc(OCCCOc2c(-c3ccc(O)c(O)c3)oc3cccc(O)c3c2=O)cc1)C(=O)OC. The number of carbonyl (C=O) groups excluding carboxylic acids is 2.